The lowest BCUT2D eigenvalue weighted by molar-refractivity contribution is 0.254. The minimum atomic E-state index is -0.536. The highest BCUT2D eigenvalue weighted by Crippen LogP contribution is 2.20. The molecule has 0 bridgehead atoms. The molecule has 8 heteroatoms. The first kappa shape index (κ1) is 18.1. The molecule has 0 saturated heterocycles. The Morgan fingerprint density at radius 2 is 1.74 bits per heavy atom. The second kappa shape index (κ2) is 8.13. The molecule has 3 aromatic rings. The topological polar surface area (TPSA) is 112 Å². The van der Waals surface area contributed by atoms with Crippen molar-refractivity contribution >= 4 is 28.8 Å². The fraction of sp³-hybridized carbons (Fsp3) is 0.158. The maximum absolute atomic E-state index is 11.8. The van der Waals surface area contributed by atoms with Crippen LogP contribution in [0.4, 0.5) is 27.5 Å². The van der Waals surface area contributed by atoms with E-state index in [2.05, 4.69) is 26.3 Å². The molecule has 1 aromatic heterocycles. The average molecular weight is 365 g/mol. The minimum absolute atomic E-state index is 0.265. The van der Waals surface area contributed by atoms with Gasteiger partial charge in [0.15, 0.2) is 0 Å². The van der Waals surface area contributed by atoms with Gasteiger partial charge in [-0.05, 0) is 36.2 Å². The molecule has 8 nitrogen and oxygen atoms in total. The Bertz CT molecular complexity index is 1010. The van der Waals surface area contributed by atoms with Crippen molar-refractivity contribution in [1.29, 1.82) is 0 Å². The SMILES string of the molecule is CNC(=O)Nc1cccc(CCNc2c(Nc3ccncc3)c(=O)c2=O)c1. The third-order valence-electron chi connectivity index (χ3n) is 3.99. The molecule has 3 rings (SSSR count). The molecule has 138 valence electrons. The van der Waals surface area contributed by atoms with Gasteiger partial charge in [-0.25, -0.2) is 4.79 Å². The molecule has 0 unspecified atom stereocenters. The van der Waals surface area contributed by atoms with Crippen LogP contribution in [0, 0.1) is 0 Å². The van der Waals surface area contributed by atoms with Crippen molar-refractivity contribution in [2.75, 3.05) is 29.5 Å². The first-order valence-corrected chi connectivity index (χ1v) is 8.40. The van der Waals surface area contributed by atoms with Crippen LogP contribution in [0.25, 0.3) is 0 Å². The molecule has 2 amide bonds. The zero-order chi connectivity index (χ0) is 19.2. The van der Waals surface area contributed by atoms with Gasteiger partial charge in [-0.2, -0.15) is 0 Å². The Balaban J connectivity index is 1.61. The van der Waals surface area contributed by atoms with Crippen LogP contribution in [0.15, 0.2) is 58.4 Å². The van der Waals surface area contributed by atoms with Crippen LogP contribution in [-0.4, -0.2) is 24.6 Å². The van der Waals surface area contributed by atoms with Crippen LogP contribution in [-0.2, 0) is 6.42 Å². The van der Waals surface area contributed by atoms with E-state index in [0.717, 1.165) is 5.56 Å². The Labute approximate surface area is 155 Å². The fourth-order valence-corrected chi connectivity index (χ4v) is 2.59. The van der Waals surface area contributed by atoms with Crippen LogP contribution in [0.2, 0.25) is 0 Å². The van der Waals surface area contributed by atoms with E-state index in [4.69, 9.17) is 0 Å². The quantitative estimate of drug-likeness (QED) is 0.475. The number of aromatic nitrogens is 1. The number of rotatable bonds is 7. The van der Waals surface area contributed by atoms with Gasteiger partial charge in [0.2, 0.25) is 0 Å². The number of hydrogen-bond acceptors (Lipinski definition) is 6. The summed E-state index contributed by atoms with van der Waals surface area (Å²) < 4.78 is 0. The highest BCUT2D eigenvalue weighted by molar-refractivity contribution is 5.89. The van der Waals surface area contributed by atoms with Crippen molar-refractivity contribution in [2.45, 2.75) is 6.42 Å². The van der Waals surface area contributed by atoms with Crippen LogP contribution < -0.4 is 32.1 Å². The lowest BCUT2D eigenvalue weighted by atomic mass is 10.1. The average Bonchev–Trinajstić information content (AvgIpc) is 2.70. The van der Waals surface area contributed by atoms with Crippen molar-refractivity contribution in [3.8, 4) is 0 Å². The van der Waals surface area contributed by atoms with Gasteiger partial charge in [0.05, 0.1) is 0 Å². The van der Waals surface area contributed by atoms with E-state index in [1.165, 1.54) is 0 Å². The molecule has 0 spiro atoms. The van der Waals surface area contributed by atoms with Crippen LogP contribution in [0.1, 0.15) is 5.56 Å². The molecule has 4 N–H and O–H groups in total. The first-order chi connectivity index (χ1) is 13.1. The summed E-state index contributed by atoms with van der Waals surface area (Å²) in [5.74, 6) is 0. The number of benzene rings is 1. The summed E-state index contributed by atoms with van der Waals surface area (Å²) in [6.45, 7) is 0.472. The van der Waals surface area contributed by atoms with Crippen LogP contribution >= 0.6 is 0 Å². The zero-order valence-corrected chi connectivity index (χ0v) is 14.7. The lowest BCUT2D eigenvalue weighted by Gasteiger charge is -2.15. The van der Waals surface area contributed by atoms with Gasteiger partial charge in [-0.15, -0.1) is 0 Å². The van der Waals surface area contributed by atoms with Gasteiger partial charge < -0.3 is 21.3 Å². The molecule has 2 aromatic carbocycles. The zero-order valence-electron chi connectivity index (χ0n) is 14.7. The van der Waals surface area contributed by atoms with E-state index in [-0.39, 0.29) is 17.4 Å². The number of pyridine rings is 1. The summed E-state index contributed by atoms with van der Waals surface area (Å²) in [6, 6.07) is 10.6. The van der Waals surface area contributed by atoms with E-state index < -0.39 is 10.9 Å². The van der Waals surface area contributed by atoms with Crippen molar-refractivity contribution in [3.63, 3.8) is 0 Å². The predicted octanol–water partition coefficient (Wildman–Crippen LogP) is 1.83. The van der Waals surface area contributed by atoms with Gasteiger partial charge >= 0.3 is 6.03 Å². The summed E-state index contributed by atoms with van der Waals surface area (Å²) in [5, 5.41) is 11.2. The molecule has 0 aliphatic rings. The van der Waals surface area contributed by atoms with Crippen molar-refractivity contribution in [2.24, 2.45) is 0 Å². The highest BCUT2D eigenvalue weighted by atomic mass is 16.2. The summed E-state index contributed by atoms with van der Waals surface area (Å²) in [4.78, 5) is 38.9. The van der Waals surface area contributed by atoms with E-state index >= 15 is 0 Å². The molecule has 0 atom stereocenters. The van der Waals surface area contributed by atoms with Gasteiger partial charge in [-0.3, -0.25) is 14.6 Å². The minimum Gasteiger partial charge on any atom is -0.380 e. The number of nitrogens with one attached hydrogen (secondary N) is 4. The largest absolute Gasteiger partial charge is 0.380 e. The van der Waals surface area contributed by atoms with E-state index in [1.54, 1.807) is 37.6 Å². The number of hydrogen-bond donors (Lipinski definition) is 4. The Morgan fingerprint density at radius 1 is 1.00 bits per heavy atom. The maximum Gasteiger partial charge on any atom is 0.318 e. The Morgan fingerprint density at radius 3 is 2.48 bits per heavy atom. The number of urea groups is 1. The third-order valence-corrected chi connectivity index (χ3v) is 3.99. The Kier molecular flexibility index (Phi) is 5.46. The maximum atomic E-state index is 11.8. The van der Waals surface area contributed by atoms with Crippen molar-refractivity contribution < 1.29 is 4.79 Å². The summed E-state index contributed by atoms with van der Waals surface area (Å²) in [6.07, 6.45) is 3.82. The fourth-order valence-electron chi connectivity index (χ4n) is 2.59. The number of amides is 2. The monoisotopic (exact) mass is 365 g/mol. The smallest absolute Gasteiger partial charge is 0.318 e. The molecular formula is C19H19N5O3. The van der Waals surface area contributed by atoms with Gasteiger partial charge in [0.25, 0.3) is 10.9 Å². The van der Waals surface area contributed by atoms with E-state index in [9.17, 15) is 14.4 Å². The standard InChI is InChI=1S/C19H19N5O3/c1-20-19(27)24-14-4-2-3-12(11-14)5-10-22-15-16(18(26)17(15)25)23-13-6-8-21-9-7-13/h2-4,6-9,11,22H,5,10H2,1H3,(H,21,23)(H2,20,24,27). The molecule has 0 fully saturated rings. The van der Waals surface area contributed by atoms with Crippen LogP contribution in [0.5, 0.6) is 0 Å². The molecule has 0 aliphatic carbocycles. The summed E-state index contributed by atoms with van der Waals surface area (Å²) >= 11 is 0. The second-order valence-electron chi connectivity index (χ2n) is 5.85. The lowest BCUT2D eigenvalue weighted by Crippen LogP contribution is -2.37. The first-order valence-electron chi connectivity index (χ1n) is 8.40. The highest BCUT2D eigenvalue weighted by Gasteiger charge is 2.20. The molecule has 0 saturated carbocycles. The summed E-state index contributed by atoms with van der Waals surface area (Å²) in [5.41, 5.74) is 1.85. The van der Waals surface area contributed by atoms with Gasteiger partial charge in [0.1, 0.15) is 11.4 Å². The number of carbonyl (C=O) groups excluding carboxylic acids is 1. The molecule has 1 heterocycles. The summed E-state index contributed by atoms with van der Waals surface area (Å²) in [7, 11) is 1.55. The second-order valence-corrected chi connectivity index (χ2v) is 5.85. The molecule has 27 heavy (non-hydrogen) atoms. The predicted molar refractivity (Wildman–Crippen MR) is 106 cm³/mol. The van der Waals surface area contributed by atoms with Gasteiger partial charge in [-0.1, -0.05) is 12.1 Å². The Hall–Kier alpha value is -3.68. The van der Waals surface area contributed by atoms with Crippen LogP contribution in [0.3, 0.4) is 0 Å². The number of anilines is 4. The number of carbonyl (C=O) groups is 1. The van der Waals surface area contributed by atoms with E-state index in [0.29, 0.717) is 24.3 Å². The van der Waals surface area contributed by atoms with Gasteiger partial charge in [0, 0.05) is 37.4 Å². The van der Waals surface area contributed by atoms with E-state index in [1.807, 2.05) is 18.2 Å². The van der Waals surface area contributed by atoms with Crippen molar-refractivity contribution in [3.05, 3.63) is 74.8 Å². The third kappa shape index (κ3) is 4.30. The normalized spacial score (nSPS) is 10.4. The molecular weight excluding hydrogens is 346 g/mol. The molecule has 0 radical (unpaired) electrons. The molecule has 0 aliphatic heterocycles. The van der Waals surface area contributed by atoms with Crippen molar-refractivity contribution in [1.82, 2.24) is 10.3 Å². The number of nitrogens with zero attached hydrogens (tertiary/aromatic N) is 1.